The minimum atomic E-state index is -0.443. The molecule has 0 radical (unpaired) electrons. The molecule has 0 spiro atoms. The minimum absolute atomic E-state index is 0.172. The molecule has 5 rings (SSSR count). The van der Waals surface area contributed by atoms with Gasteiger partial charge in [0.15, 0.2) is 5.82 Å². The molecule has 8 heteroatoms. The van der Waals surface area contributed by atoms with Crippen LogP contribution in [0.1, 0.15) is 21.7 Å². The number of likely N-dealkylation sites (tertiary alicyclic amines) is 1. The number of carbonyl (C=O) groups is 1. The van der Waals surface area contributed by atoms with Gasteiger partial charge in [-0.25, -0.2) is 19.3 Å². The molecular formula is C23H23FN6O. The number of hydrogen-bond donors (Lipinski definition) is 0. The van der Waals surface area contributed by atoms with Crippen LogP contribution in [0.2, 0.25) is 0 Å². The maximum Gasteiger partial charge on any atom is 0.254 e. The van der Waals surface area contributed by atoms with E-state index in [0.717, 1.165) is 30.3 Å². The number of halogens is 1. The van der Waals surface area contributed by atoms with Crippen LogP contribution >= 0.6 is 0 Å². The molecule has 31 heavy (non-hydrogen) atoms. The molecule has 2 fully saturated rings. The van der Waals surface area contributed by atoms with Gasteiger partial charge in [-0.3, -0.25) is 9.78 Å². The fourth-order valence-corrected chi connectivity index (χ4v) is 4.65. The molecule has 2 aliphatic heterocycles. The third-order valence-electron chi connectivity index (χ3n) is 6.14. The topological polar surface area (TPSA) is 75.1 Å². The van der Waals surface area contributed by atoms with Gasteiger partial charge in [-0.1, -0.05) is 0 Å². The van der Waals surface area contributed by atoms with Crippen molar-refractivity contribution in [3.05, 3.63) is 65.6 Å². The van der Waals surface area contributed by atoms with E-state index in [9.17, 15) is 9.18 Å². The molecule has 2 aliphatic rings. The zero-order chi connectivity index (χ0) is 21.5. The van der Waals surface area contributed by atoms with Crippen molar-refractivity contribution in [2.45, 2.75) is 13.8 Å². The van der Waals surface area contributed by atoms with Gasteiger partial charge in [0.05, 0.1) is 17.0 Å². The molecule has 2 aromatic heterocycles. The van der Waals surface area contributed by atoms with E-state index in [-0.39, 0.29) is 5.91 Å². The molecule has 0 bridgehead atoms. The largest absolute Gasteiger partial charge is 0.354 e. The van der Waals surface area contributed by atoms with E-state index in [4.69, 9.17) is 0 Å². The van der Waals surface area contributed by atoms with Crippen molar-refractivity contribution in [1.29, 1.82) is 0 Å². The SMILES string of the molecule is Cc1cnc(C)c(N2CC3CN(C(=O)c4cc(F)ccc4-c4ncccn4)CC3C2)n1. The number of aromatic nitrogens is 4. The van der Waals surface area contributed by atoms with Crippen LogP contribution in [0, 0.1) is 31.5 Å². The lowest BCUT2D eigenvalue weighted by molar-refractivity contribution is 0.0782. The van der Waals surface area contributed by atoms with Gasteiger partial charge in [-0.15, -0.1) is 0 Å². The number of anilines is 1. The summed E-state index contributed by atoms with van der Waals surface area (Å²) in [5, 5.41) is 0. The van der Waals surface area contributed by atoms with Crippen LogP contribution in [-0.4, -0.2) is 56.9 Å². The van der Waals surface area contributed by atoms with Crippen molar-refractivity contribution in [3.63, 3.8) is 0 Å². The van der Waals surface area contributed by atoms with Gasteiger partial charge in [0.2, 0.25) is 0 Å². The Balaban J connectivity index is 1.35. The molecule has 0 N–H and O–H groups in total. The second kappa shape index (κ2) is 7.68. The number of hydrogen-bond acceptors (Lipinski definition) is 6. The Morgan fingerprint density at radius 1 is 1.03 bits per heavy atom. The summed E-state index contributed by atoms with van der Waals surface area (Å²) in [4.78, 5) is 35.0. The molecule has 2 saturated heterocycles. The smallest absolute Gasteiger partial charge is 0.254 e. The number of amides is 1. The first kappa shape index (κ1) is 19.5. The van der Waals surface area contributed by atoms with Crippen LogP contribution in [0.4, 0.5) is 10.2 Å². The van der Waals surface area contributed by atoms with E-state index in [1.165, 1.54) is 12.1 Å². The number of aryl methyl sites for hydroxylation is 2. The summed E-state index contributed by atoms with van der Waals surface area (Å²) in [6.45, 7) is 6.88. The maximum atomic E-state index is 14.0. The van der Waals surface area contributed by atoms with E-state index in [0.29, 0.717) is 41.9 Å². The fraction of sp³-hybridized carbons (Fsp3) is 0.348. The summed E-state index contributed by atoms with van der Waals surface area (Å²) in [7, 11) is 0. The van der Waals surface area contributed by atoms with Crippen LogP contribution < -0.4 is 4.90 Å². The Kier molecular flexibility index (Phi) is 4.84. The molecule has 0 aliphatic carbocycles. The van der Waals surface area contributed by atoms with E-state index >= 15 is 0 Å². The van der Waals surface area contributed by atoms with Crippen molar-refractivity contribution < 1.29 is 9.18 Å². The van der Waals surface area contributed by atoms with Crippen LogP contribution in [0.5, 0.6) is 0 Å². The van der Waals surface area contributed by atoms with E-state index in [1.807, 2.05) is 18.7 Å². The van der Waals surface area contributed by atoms with Crippen molar-refractivity contribution >= 4 is 11.7 Å². The van der Waals surface area contributed by atoms with Crippen LogP contribution in [0.3, 0.4) is 0 Å². The summed E-state index contributed by atoms with van der Waals surface area (Å²) in [6.07, 6.45) is 5.01. The molecule has 2 unspecified atom stereocenters. The lowest BCUT2D eigenvalue weighted by atomic mass is 10.0. The highest BCUT2D eigenvalue weighted by Crippen LogP contribution is 2.35. The number of fused-ring (bicyclic) bond motifs is 1. The summed E-state index contributed by atoms with van der Waals surface area (Å²) in [5.41, 5.74) is 2.68. The van der Waals surface area contributed by atoms with Crippen molar-refractivity contribution in [2.75, 3.05) is 31.1 Å². The Labute approximate surface area is 180 Å². The van der Waals surface area contributed by atoms with Gasteiger partial charge < -0.3 is 9.80 Å². The summed E-state index contributed by atoms with van der Waals surface area (Å²) in [5.74, 6) is 1.45. The standard InChI is InChI=1S/C23H23FN6O/c1-14-9-27-15(2)22(28-14)29-10-16-12-30(13-17(16)11-29)23(31)20-8-18(24)4-5-19(20)21-25-6-3-7-26-21/h3-9,16-17H,10-13H2,1-2H3. The van der Waals surface area contributed by atoms with E-state index in [2.05, 4.69) is 24.8 Å². The number of benzene rings is 1. The highest BCUT2D eigenvalue weighted by molar-refractivity contribution is 6.00. The Bertz CT molecular complexity index is 1120. The number of rotatable bonds is 3. The first-order chi connectivity index (χ1) is 15.0. The maximum absolute atomic E-state index is 14.0. The second-order valence-corrected chi connectivity index (χ2v) is 8.32. The molecule has 4 heterocycles. The third-order valence-corrected chi connectivity index (χ3v) is 6.14. The molecule has 158 valence electrons. The Morgan fingerprint density at radius 3 is 2.45 bits per heavy atom. The van der Waals surface area contributed by atoms with Gasteiger partial charge in [-0.05, 0) is 38.1 Å². The van der Waals surface area contributed by atoms with E-state index in [1.54, 1.807) is 30.7 Å². The number of carbonyl (C=O) groups excluding carboxylic acids is 1. The zero-order valence-electron chi connectivity index (χ0n) is 17.5. The predicted molar refractivity (Wildman–Crippen MR) is 114 cm³/mol. The van der Waals surface area contributed by atoms with Crippen molar-refractivity contribution in [1.82, 2.24) is 24.8 Å². The Hall–Kier alpha value is -3.42. The first-order valence-electron chi connectivity index (χ1n) is 10.4. The number of nitrogens with zero attached hydrogens (tertiary/aromatic N) is 6. The molecule has 0 saturated carbocycles. The summed E-state index contributed by atoms with van der Waals surface area (Å²) < 4.78 is 14.0. The normalized spacial score (nSPS) is 20.2. The molecule has 3 aromatic rings. The fourth-order valence-electron chi connectivity index (χ4n) is 4.65. The molecule has 7 nitrogen and oxygen atoms in total. The first-order valence-corrected chi connectivity index (χ1v) is 10.4. The molecule has 1 aromatic carbocycles. The lowest BCUT2D eigenvalue weighted by Crippen LogP contribution is -2.34. The van der Waals surface area contributed by atoms with Crippen LogP contribution in [-0.2, 0) is 0 Å². The second-order valence-electron chi connectivity index (χ2n) is 8.32. The molecular weight excluding hydrogens is 395 g/mol. The van der Waals surface area contributed by atoms with Crippen LogP contribution in [0.25, 0.3) is 11.4 Å². The third kappa shape index (κ3) is 3.62. The van der Waals surface area contributed by atoms with E-state index < -0.39 is 5.82 Å². The summed E-state index contributed by atoms with van der Waals surface area (Å²) >= 11 is 0. The van der Waals surface area contributed by atoms with Crippen LogP contribution in [0.15, 0.2) is 42.9 Å². The predicted octanol–water partition coefficient (Wildman–Crippen LogP) is 2.90. The monoisotopic (exact) mass is 418 g/mol. The average molecular weight is 418 g/mol. The van der Waals surface area contributed by atoms with Gasteiger partial charge in [0.25, 0.3) is 5.91 Å². The minimum Gasteiger partial charge on any atom is -0.354 e. The zero-order valence-corrected chi connectivity index (χ0v) is 17.5. The van der Waals surface area contributed by atoms with Gasteiger partial charge in [0, 0.05) is 62.2 Å². The van der Waals surface area contributed by atoms with Gasteiger partial charge in [-0.2, -0.15) is 0 Å². The molecule has 1 amide bonds. The lowest BCUT2D eigenvalue weighted by Gasteiger charge is -2.24. The van der Waals surface area contributed by atoms with Gasteiger partial charge >= 0.3 is 0 Å². The highest BCUT2D eigenvalue weighted by Gasteiger charge is 2.43. The average Bonchev–Trinajstić information content (AvgIpc) is 3.35. The highest BCUT2D eigenvalue weighted by atomic mass is 19.1. The molecule has 2 atom stereocenters. The summed E-state index contributed by atoms with van der Waals surface area (Å²) in [6, 6.07) is 5.92. The Morgan fingerprint density at radius 2 is 1.74 bits per heavy atom. The van der Waals surface area contributed by atoms with Crippen molar-refractivity contribution in [2.24, 2.45) is 11.8 Å². The quantitative estimate of drug-likeness (QED) is 0.651. The van der Waals surface area contributed by atoms with Crippen molar-refractivity contribution in [3.8, 4) is 11.4 Å². The van der Waals surface area contributed by atoms with Gasteiger partial charge in [0.1, 0.15) is 11.6 Å².